The van der Waals surface area contributed by atoms with Crippen LogP contribution in [0.15, 0.2) is 34.7 Å². The number of aryl methyl sites for hydroxylation is 2. The highest BCUT2D eigenvalue weighted by atomic mass is 16.5. The van der Waals surface area contributed by atoms with Crippen molar-refractivity contribution in [3.05, 3.63) is 53.0 Å². The highest BCUT2D eigenvalue weighted by Gasteiger charge is 2.32. The topological polar surface area (TPSA) is 71.8 Å². The van der Waals surface area contributed by atoms with Gasteiger partial charge in [0, 0.05) is 30.6 Å². The summed E-state index contributed by atoms with van der Waals surface area (Å²) >= 11 is 0. The van der Waals surface area contributed by atoms with Crippen LogP contribution in [0.2, 0.25) is 0 Å². The molecule has 0 radical (unpaired) electrons. The summed E-state index contributed by atoms with van der Waals surface area (Å²) in [5, 5.41) is 2.91. The van der Waals surface area contributed by atoms with E-state index in [2.05, 4.69) is 5.32 Å². The number of benzene rings is 1. The molecule has 1 aromatic carbocycles. The summed E-state index contributed by atoms with van der Waals surface area (Å²) in [6.07, 6.45) is 2.92. The van der Waals surface area contributed by atoms with Gasteiger partial charge in [-0.25, -0.2) is 0 Å². The van der Waals surface area contributed by atoms with Gasteiger partial charge in [-0.2, -0.15) is 0 Å². The number of hydrogen-bond donors (Lipinski definition) is 1. The second kappa shape index (κ2) is 7.56. The average molecular weight is 368 g/mol. The molecular weight excluding hydrogens is 344 g/mol. The minimum atomic E-state index is -0.218. The molecule has 4 rings (SSSR count). The Balaban J connectivity index is 1.60. The second-order valence-electron chi connectivity index (χ2n) is 7.02. The van der Waals surface area contributed by atoms with Crippen LogP contribution < -0.4 is 5.32 Å². The summed E-state index contributed by atoms with van der Waals surface area (Å²) in [5.74, 6) is 1.67. The monoisotopic (exact) mass is 368 g/mol. The van der Waals surface area contributed by atoms with Crippen molar-refractivity contribution in [3.63, 3.8) is 0 Å². The number of nitrogens with zero attached hydrogens (tertiary/aromatic N) is 1. The molecule has 2 aliphatic rings. The average Bonchev–Trinajstić information content (AvgIpc) is 3.09. The Hall–Kier alpha value is -2.60. The first-order valence-corrected chi connectivity index (χ1v) is 9.56. The highest BCUT2D eigenvalue weighted by molar-refractivity contribution is 5.97. The summed E-state index contributed by atoms with van der Waals surface area (Å²) < 4.78 is 11.5. The van der Waals surface area contributed by atoms with E-state index in [1.165, 1.54) is 0 Å². The summed E-state index contributed by atoms with van der Waals surface area (Å²) in [6.45, 7) is 3.52. The number of rotatable bonds is 3. The molecule has 1 atom stereocenters. The van der Waals surface area contributed by atoms with Gasteiger partial charge < -0.3 is 19.4 Å². The van der Waals surface area contributed by atoms with Crippen molar-refractivity contribution in [1.82, 2.24) is 4.90 Å². The zero-order valence-corrected chi connectivity index (χ0v) is 15.5. The van der Waals surface area contributed by atoms with E-state index in [0.29, 0.717) is 31.7 Å². The van der Waals surface area contributed by atoms with E-state index in [1.54, 1.807) is 6.07 Å². The van der Waals surface area contributed by atoms with E-state index in [4.69, 9.17) is 9.15 Å². The van der Waals surface area contributed by atoms with Gasteiger partial charge in [-0.05, 0) is 48.7 Å². The molecule has 0 aliphatic carbocycles. The Labute approximate surface area is 158 Å². The molecule has 27 heavy (non-hydrogen) atoms. The molecule has 1 aromatic heterocycles. The van der Waals surface area contributed by atoms with Crippen LogP contribution in [0.4, 0.5) is 5.69 Å². The molecular formula is C21H24N2O4. The first-order chi connectivity index (χ1) is 13.2. The third kappa shape index (κ3) is 3.62. The second-order valence-corrected chi connectivity index (χ2v) is 7.02. The van der Waals surface area contributed by atoms with Gasteiger partial charge >= 0.3 is 0 Å². The molecule has 0 spiro atoms. The fourth-order valence-electron chi connectivity index (χ4n) is 3.72. The van der Waals surface area contributed by atoms with Gasteiger partial charge in [0.05, 0.1) is 13.2 Å². The molecule has 0 bridgehead atoms. The number of hydrogen-bond acceptors (Lipinski definition) is 4. The Morgan fingerprint density at radius 3 is 2.96 bits per heavy atom. The number of nitrogens with one attached hydrogen (secondary N) is 1. The van der Waals surface area contributed by atoms with Crippen molar-refractivity contribution in [2.24, 2.45) is 0 Å². The van der Waals surface area contributed by atoms with Crippen molar-refractivity contribution in [2.75, 3.05) is 25.1 Å². The predicted octanol–water partition coefficient (Wildman–Crippen LogP) is 3.33. The van der Waals surface area contributed by atoms with Crippen LogP contribution in [0.5, 0.6) is 0 Å². The number of amides is 2. The molecule has 0 saturated carbocycles. The van der Waals surface area contributed by atoms with Crippen molar-refractivity contribution in [2.45, 2.75) is 38.6 Å². The van der Waals surface area contributed by atoms with Crippen molar-refractivity contribution >= 4 is 17.5 Å². The normalized spacial score (nSPS) is 20.0. The molecule has 1 fully saturated rings. The smallest absolute Gasteiger partial charge is 0.254 e. The molecule has 6 nitrogen and oxygen atoms in total. The molecule has 142 valence electrons. The maximum Gasteiger partial charge on any atom is 0.254 e. The van der Waals surface area contributed by atoms with Gasteiger partial charge in [-0.1, -0.05) is 6.92 Å². The van der Waals surface area contributed by atoms with Crippen LogP contribution in [-0.2, 0) is 22.4 Å². The Morgan fingerprint density at radius 1 is 1.26 bits per heavy atom. The third-order valence-electron chi connectivity index (χ3n) is 5.22. The van der Waals surface area contributed by atoms with E-state index in [-0.39, 0.29) is 17.9 Å². The van der Waals surface area contributed by atoms with Crippen molar-refractivity contribution in [1.29, 1.82) is 0 Å². The lowest BCUT2D eigenvalue weighted by atomic mass is 10.0. The molecule has 2 amide bonds. The van der Waals surface area contributed by atoms with Crippen molar-refractivity contribution < 1.29 is 18.7 Å². The Kier molecular flexibility index (Phi) is 4.99. The number of fused-ring (bicyclic) bond motifs is 1. The first kappa shape index (κ1) is 17.8. The lowest BCUT2D eigenvalue weighted by molar-refractivity contribution is -0.116. The predicted molar refractivity (Wildman–Crippen MR) is 101 cm³/mol. The number of furan rings is 1. The van der Waals surface area contributed by atoms with Crippen LogP contribution in [-0.4, -0.2) is 36.5 Å². The van der Waals surface area contributed by atoms with Gasteiger partial charge in [0.1, 0.15) is 17.6 Å². The summed E-state index contributed by atoms with van der Waals surface area (Å²) in [6, 6.07) is 9.21. The number of carbonyl (C=O) groups is 2. The van der Waals surface area contributed by atoms with E-state index < -0.39 is 0 Å². The zero-order chi connectivity index (χ0) is 18.8. The number of anilines is 1. The lowest BCUT2D eigenvalue weighted by Gasteiger charge is -2.34. The molecule has 2 aliphatic heterocycles. The van der Waals surface area contributed by atoms with E-state index in [9.17, 15) is 9.59 Å². The molecule has 2 aromatic rings. The van der Waals surface area contributed by atoms with E-state index in [1.807, 2.05) is 36.1 Å². The fraction of sp³-hybridized carbons (Fsp3) is 0.429. The Bertz CT molecular complexity index is 858. The number of morpholine rings is 1. The maximum atomic E-state index is 13.2. The molecule has 1 saturated heterocycles. The SMILES string of the molecule is CCc1ccc([C@H]2COCCN2C(=O)c2ccc3c(c2)CCCC(=O)N3)o1. The molecule has 3 heterocycles. The summed E-state index contributed by atoms with van der Waals surface area (Å²) in [5.41, 5.74) is 2.47. The largest absolute Gasteiger partial charge is 0.464 e. The van der Waals surface area contributed by atoms with E-state index in [0.717, 1.165) is 42.0 Å². The van der Waals surface area contributed by atoms with Crippen LogP contribution in [0, 0.1) is 0 Å². The van der Waals surface area contributed by atoms with Gasteiger partial charge in [-0.3, -0.25) is 9.59 Å². The van der Waals surface area contributed by atoms with Crippen LogP contribution in [0.1, 0.15) is 53.2 Å². The quantitative estimate of drug-likeness (QED) is 0.902. The third-order valence-corrected chi connectivity index (χ3v) is 5.22. The minimum absolute atomic E-state index is 0.0314. The van der Waals surface area contributed by atoms with E-state index >= 15 is 0 Å². The fourth-order valence-corrected chi connectivity index (χ4v) is 3.72. The van der Waals surface area contributed by atoms with Crippen LogP contribution in [0.25, 0.3) is 0 Å². The number of carbonyl (C=O) groups excluding carboxylic acids is 2. The van der Waals surface area contributed by atoms with Gasteiger partial charge in [0.2, 0.25) is 5.91 Å². The lowest BCUT2D eigenvalue weighted by Crippen LogP contribution is -2.43. The highest BCUT2D eigenvalue weighted by Crippen LogP contribution is 2.29. The maximum absolute atomic E-state index is 13.2. The van der Waals surface area contributed by atoms with Crippen LogP contribution in [0.3, 0.4) is 0 Å². The number of ether oxygens (including phenoxy) is 1. The first-order valence-electron chi connectivity index (χ1n) is 9.56. The zero-order valence-electron chi connectivity index (χ0n) is 15.5. The molecule has 0 unspecified atom stereocenters. The molecule has 1 N–H and O–H groups in total. The van der Waals surface area contributed by atoms with Gasteiger partial charge in [0.15, 0.2) is 0 Å². The van der Waals surface area contributed by atoms with Gasteiger partial charge in [0.25, 0.3) is 5.91 Å². The standard InChI is InChI=1S/C21H24N2O4/c1-2-16-7-9-19(27-16)18-13-26-11-10-23(18)21(25)15-6-8-17-14(12-15)4-3-5-20(24)22-17/h6-9,12,18H,2-5,10-11,13H2,1H3,(H,22,24)/t18-/m1/s1. The van der Waals surface area contributed by atoms with Gasteiger partial charge in [-0.15, -0.1) is 0 Å². The molecule has 6 heteroatoms. The minimum Gasteiger partial charge on any atom is -0.464 e. The summed E-state index contributed by atoms with van der Waals surface area (Å²) in [4.78, 5) is 26.8. The summed E-state index contributed by atoms with van der Waals surface area (Å²) in [7, 11) is 0. The Morgan fingerprint density at radius 2 is 2.15 bits per heavy atom. The van der Waals surface area contributed by atoms with Crippen molar-refractivity contribution in [3.8, 4) is 0 Å². The van der Waals surface area contributed by atoms with Crippen LogP contribution >= 0.6 is 0 Å².